The van der Waals surface area contributed by atoms with Crippen LogP contribution in [0.15, 0.2) is 53.4 Å². The van der Waals surface area contributed by atoms with Gasteiger partial charge in [-0.05, 0) is 42.0 Å². The molecule has 0 unspecified atom stereocenters. The molecule has 0 aliphatic rings. The van der Waals surface area contributed by atoms with Gasteiger partial charge in [-0.1, -0.05) is 12.1 Å². The van der Waals surface area contributed by atoms with Gasteiger partial charge in [-0.2, -0.15) is 0 Å². The summed E-state index contributed by atoms with van der Waals surface area (Å²) in [5, 5.41) is 8.99. The fourth-order valence-electron chi connectivity index (χ4n) is 1.56. The van der Waals surface area contributed by atoms with Crippen LogP contribution in [0, 0.1) is 5.82 Å². The maximum atomic E-state index is 12.8. The zero-order valence-electron chi connectivity index (χ0n) is 9.88. The maximum Gasteiger partial charge on any atom is 0.261 e. The first-order valence-corrected chi connectivity index (χ1v) is 6.98. The molecule has 0 saturated heterocycles. The molecule has 0 saturated carbocycles. The molecule has 2 N–H and O–H groups in total. The molecule has 0 heterocycles. The summed E-state index contributed by atoms with van der Waals surface area (Å²) < 4.78 is 39.2. The Morgan fingerprint density at radius 3 is 2.42 bits per heavy atom. The summed E-state index contributed by atoms with van der Waals surface area (Å²) in [6.07, 6.45) is 0. The van der Waals surface area contributed by atoms with Crippen LogP contribution in [0.25, 0.3) is 0 Å². The van der Waals surface area contributed by atoms with Crippen LogP contribution in [0.1, 0.15) is 5.56 Å². The number of anilines is 1. The molecule has 0 radical (unpaired) electrons. The number of aliphatic hydroxyl groups is 1. The summed E-state index contributed by atoms with van der Waals surface area (Å²) >= 11 is 0. The standard InChI is InChI=1S/C13H12FNO3S/c14-11-4-6-13(7-5-11)19(17,18)15-12-3-1-2-10(8-12)9-16/h1-8,15-16H,9H2. The summed E-state index contributed by atoms with van der Waals surface area (Å²) in [6.45, 7) is -0.174. The summed E-state index contributed by atoms with van der Waals surface area (Å²) in [5.41, 5.74) is 0.940. The van der Waals surface area contributed by atoms with Crippen molar-refractivity contribution in [3.63, 3.8) is 0 Å². The lowest BCUT2D eigenvalue weighted by Gasteiger charge is -2.08. The summed E-state index contributed by atoms with van der Waals surface area (Å²) in [7, 11) is -3.75. The lowest BCUT2D eigenvalue weighted by molar-refractivity contribution is 0.282. The monoisotopic (exact) mass is 281 g/mol. The van der Waals surface area contributed by atoms with Crippen molar-refractivity contribution in [2.45, 2.75) is 11.5 Å². The molecule has 19 heavy (non-hydrogen) atoms. The van der Waals surface area contributed by atoms with Crippen LogP contribution in [0.5, 0.6) is 0 Å². The number of aliphatic hydroxyl groups excluding tert-OH is 1. The molecule has 2 rings (SSSR count). The second-order valence-corrected chi connectivity index (χ2v) is 5.60. The van der Waals surface area contributed by atoms with Gasteiger partial charge in [-0.15, -0.1) is 0 Å². The molecule has 0 amide bonds. The van der Waals surface area contributed by atoms with E-state index in [1.807, 2.05) is 0 Å². The van der Waals surface area contributed by atoms with Crippen LogP contribution in [-0.2, 0) is 16.6 Å². The molecule has 2 aromatic carbocycles. The van der Waals surface area contributed by atoms with Gasteiger partial charge in [-0.25, -0.2) is 12.8 Å². The van der Waals surface area contributed by atoms with E-state index in [1.54, 1.807) is 18.2 Å². The van der Waals surface area contributed by atoms with E-state index in [9.17, 15) is 12.8 Å². The minimum Gasteiger partial charge on any atom is -0.392 e. The lowest BCUT2D eigenvalue weighted by Crippen LogP contribution is -2.13. The van der Waals surface area contributed by atoms with E-state index in [2.05, 4.69) is 4.72 Å². The van der Waals surface area contributed by atoms with Crippen LogP contribution in [0.2, 0.25) is 0 Å². The van der Waals surface area contributed by atoms with E-state index in [4.69, 9.17) is 5.11 Å². The number of nitrogens with one attached hydrogen (secondary N) is 1. The van der Waals surface area contributed by atoms with E-state index >= 15 is 0 Å². The number of hydrogen-bond donors (Lipinski definition) is 2. The second kappa shape index (κ2) is 5.38. The SMILES string of the molecule is O=S(=O)(Nc1cccc(CO)c1)c1ccc(F)cc1. The van der Waals surface area contributed by atoms with Crippen molar-refractivity contribution in [1.29, 1.82) is 0 Å². The molecule has 100 valence electrons. The third-order valence-corrected chi connectivity index (χ3v) is 3.88. The van der Waals surface area contributed by atoms with Gasteiger partial charge in [0.1, 0.15) is 5.82 Å². The Bertz CT molecular complexity index is 669. The predicted octanol–water partition coefficient (Wildman–Crippen LogP) is 2.12. The number of halogens is 1. The zero-order chi connectivity index (χ0) is 13.9. The highest BCUT2D eigenvalue weighted by Crippen LogP contribution is 2.17. The smallest absolute Gasteiger partial charge is 0.261 e. The highest BCUT2D eigenvalue weighted by Gasteiger charge is 2.14. The highest BCUT2D eigenvalue weighted by molar-refractivity contribution is 7.92. The van der Waals surface area contributed by atoms with Crippen LogP contribution >= 0.6 is 0 Å². The summed E-state index contributed by atoms with van der Waals surface area (Å²) in [4.78, 5) is -0.0247. The fraction of sp³-hybridized carbons (Fsp3) is 0.0769. The third kappa shape index (κ3) is 3.30. The van der Waals surface area contributed by atoms with Gasteiger partial charge in [0.15, 0.2) is 0 Å². The van der Waals surface area contributed by atoms with Crippen LogP contribution < -0.4 is 4.72 Å². The van der Waals surface area contributed by atoms with Gasteiger partial charge in [-0.3, -0.25) is 4.72 Å². The van der Waals surface area contributed by atoms with E-state index in [0.29, 0.717) is 11.3 Å². The molecule has 0 bridgehead atoms. The van der Waals surface area contributed by atoms with Crippen LogP contribution in [-0.4, -0.2) is 13.5 Å². The first-order valence-electron chi connectivity index (χ1n) is 5.49. The van der Waals surface area contributed by atoms with Gasteiger partial charge in [0.25, 0.3) is 10.0 Å². The lowest BCUT2D eigenvalue weighted by atomic mass is 10.2. The van der Waals surface area contributed by atoms with Gasteiger partial charge >= 0.3 is 0 Å². The Kier molecular flexibility index (Phi) is 3.82. The molecule has 0 aliphatic carbocycles. The summed E-state index contributed by atoms with van der Waals surface area (Å²) in [6, 6.07) is 10.9. The number of benzene rings is 2. The number of hydrogen-bond acceptors (Lipinski definition) is 3. The number of sulfonamides is 1. The fourth-order valence-corrected chi connectivity index (χ4v) is 2.61. The van der Waals surface area contributed by atoms with Gasteiger partial charge < -0.3 is 5.11 Å². The van der Waals surface area contributed by atoms with Crippen molar-refractivity contribution in [3.8, 4) is 0 Å². The van der Waals surface area contributed by atoms with Crippen molar-refractivity contribution in [3.05, 3.63) is 59.9 Å². The second-order valence-electron chi connectivity index (χ2n) is 3.92. The first kappa shape index (κ1) is 13.5. The maximum absolute atomic E-state index is 12.8. The Hall–Kier alpha value is -1.92. The van der Waals surface area contributed by atoms with Crippen molar-refractivity contribution in [1.82, 2.24) is 0 Å². The molecular weight excluding hydrogens is 269 g/mol. The molecule has 0 fully saturated rings. The quantitative estimate of drug-likeness (QED) is 0.902. The molecule has 0 atom stereocenters. The minimum absolute atomic E-state index is 0.0247. The Labute approximate surface area is 110 Å². The number of rotatable bonds is 4. The van der Waals surface area contributed by atoms with Gasteiger partial charge in [0.05, 0.1) is 11.5 Å². The average Bonchev–Trinajstić information content (AvgIpc) is 2.39. The largest absolute Gasteiger partial charge is 0.392 e. The van der Waals surface area contributed by atoms with Gasteiger partial charge in [0, 0.05) is 5.69 Å². The summed E-state index contributed by atoms with van der Waals surface area (Å²) in [5.74, 6) is -0.499. The average molecular weight is 281 g/mol. The van der Waals surface area contributed by atoms with E-state index in [-0.39, 0.29) is 11.5 Å². The predicted molar refractivity (Wildman–Crippen MR) is 69.6 cm³/mol. The Balaban J connectivity index is 2.28. The van der Waals surface area contributed by atoms with E-state index in [1.165, 1.54) is 18.2 Å². The van der Waals surface area contributed by atoms with Crippen LogP contribution in [0.3, 0.4) is 0 Å². The normalized spacial score (nSPS) is 11.3. The highest BCUT2D eigenvalue weighted by atomic mass is 32.2. The molecule has 2 aromatic rings. The minimum atomic E-state index is -3.75. The van der Waals surface area contributed by atoms with Crippen molar-refractivity contribution in [2.75, 3.05) is 4.72 Å². The van der Waals surface area contributed by atoms with Crippen LogP contribution in [0.4, 0.5) is 10.1 Å². The molecule has 6 heteroatoms. The van der Waals surface area contributed by atoms with Crippen molar-refractivity contribution < 1.29 is 17.9 Å². The third-order valence-electron chi connectivity index (χ3n) is 2.49. The Morgan fingerprint density at radius 1 is 1.11 bits per heavy atom. The molecule has 4 nitrogen and oxygen atoms in total. The molecule has 0 aromatic heterocycles. The zero-order valence-corrected chi connectivity index (χ0v) is 10.7. The molecular formula is C13H12FNO3S. The topological polar surface area (TPSA) is 66.4 Å². The van der Waals surface area contributed by atoms with E-state index < -0.39 is 15.8 Å². The van der Waals surface area contributed by atoms with Crippen molar-refractivity contribution >= 4 is 15.7 Å². The molecule has 0 spiro atoms. The van der Waals surface area contributed by atoms with E-state index in [0.717, 1.165) is 12.1 Å². The Morgan fingerprint density at radius 2 is 1.79 bits per heavy atom. The first-order chi connectivity index (χ1) is 9.01. The molecule has 0 aliphatic heterocycles. The van der Waals surface area contributed by atoms with Gasteiger partial charge in [0.2, 0.25) is 0 Å². The van der Waals surface area contributed by atoms with Crippen molar-refractivity contribution in [2.24, 2.45) is 0 Å².